The molecule has 8 aromatic carbocycles. The third kappa shape index (κ3) is 4.42. The molecule has 0 fully saturated rings. The highest BCUT2D eigenvalue weighted by atomic mass is 32.1. The van der Waals surface area contributed by atoms with Crippen LogP contribution in [-0.2, 0) is 5.41 Å². The van der Waals surface area contributed by atoms with E-state index in [9.17, 15) is 0 Å². The lowest BCUT2D eigenvalue weighted by Gasteiger charge is -2.32. The smallest absolute Gasteiger partial charge is 0.164 e. The second-order valence-electron chi connectivity index (χ2n) is 14.7. The van der Waals surface area contributed by atoms with Gasteiger partial charge in [-0.3, -0.25) is 0 Å². The average molecular weight is 730 g/mol. The normalized spacial score (nSPS) is 13.1. The average Bonchev–Trinajstić information content (AvgIpc) is 3.90. The van der Waals surface area contributed by atoms with Gasteiger partial charge in [0, 0.05) is 36.9 Å². The number of nitrogens with zero attached hydrogens (tertiary/aromatic N) is 3. The first-order valence-electron chi connectivity index (χ1n) is 19.0. The first-order chi connectivity index (χ1) is 27.8. The van der Waals surface area contributed by atoms with Crippen molar-refractivity contribution in [2.45, 2.75) is 5.41 Å². The molecule has 2 aliphatic rings. The zero-order valence-electron chi connectivity index (χ0n) is 30.1. The van der Waals surface area contributed by atoms with Crippen LogP contribution in [0.4, 0.5) is 0 Å². The molecule has 2 aliphatic carbocycles. The van der Waals surface area contributed by atoms with Gasteiger partial charge in [-0.1, -0.05) is 158 Å². The second-order valence-corrected chi connectivity index (χ2v) is 15.8. The molecule has 0 bridgehead atoms. The van der Waals surface area contributed by atoms with Crippen molar-refractivity contribution in [2.24, 2.45) is 0 Å². The summed E-state index contributed by atoms with van der Waals surface area (Å²) >= 11 is 1.82. The van der Waals surface area contributed by atoms with Crippen molar-refractivity contribution in [1.29, 1.82) is 0 Å². The summed E-state index contributed by atoms with van der Waals surface area (Å²) in [7, 11) is 0. The van der Waals surface area contributed by atoms with Crippen LogP contribution in [0.2, 0.25) is 0 Å². The largest absolute Gasteiger partial charge is 0.208 e. The number of hydrogen-bond donors (Lipinski definition) is 0. The van der Waals surface area contributed by atoms with Gasteiger partial charge in [0.25, 0.3) is 0 Å². The summed E-state index contributed by atoms with van der Waals surface area (Å²) in [5.74, 6) is 1.96. The Balaban J connectivity index is 1.07. The number of thiophene rings is 1. The van der Waals surface area contributed by atoms with Crippen LogP contribution in [-0.4, -0.2) is 15.0 Å². The van der Waals surface area contributed by atoms with E-state index in [0.29, 0.717) is 17.5 Å². The SMILES string of the molecule is c1ccc(-c2nc(-c3cccc(-c4cccc5c4C4(c6ccccc6-c6ccccc64)c4ccccc4-5)c3)nc(-c3ccc4sc5ccccc5c4c3)n2)cc1. The van der Waals surface area contributed by atoms with Crippen LogP contribution >= 0.6 is 11.3 Å². The summed E-state index contributed by atoms with van der Waals surface area (Å²) in [6.45, 7) is 0. The minimum absolute atomic E-state index is 0.447. The lowest BCUT2D eigenvalue weighted by Crippen LogP contribution is -2.26. The van der Waals surface area contributed by atoms with E-state index in [4.69, 9.17) is 15.0 Å². The molecule has 2 heterocycles. The molecule has 10 aromatic rings. The number of aromatic nitrogens is 3. The first kappa shape index (κ1) is 31.4. The maximum Gasteiger partial charge on any atom is 0.164 e. The fourth-order valence-electron chi connectivity index (χ4n) is 9.44. The van der Waals surface area contributed by atoms with Crippen LogP contribution in [0.3, 0.4) is 0 Å². The van der Waals surface area contributed by atoms with Crippen molar-refractivity contribution in [2.75, 3.05) is 0 Å². The van der Waals surface area contributed by atoms with Gasteiger partial charge in [-0.2, -0.15) is 0 Å². The van der Waals surface area contributed by atoms with Crippen LogP contribution in [0.15, 0.2) is 188 Å². The van der Waals surface area contributed by atoms with Crippen molar-refractivity contribution in [3.8, 4) is 67.5 Å². The van der Waals surface area contributed by atoms with Gasteiger partial charge in [0.1, 0.15) is 0 Å². The Morgan fingerprint density at radius 2 is 0.804 bits per heavy atom. The molecule has 56 heavy (non-hydrogen) atoms. The number of rotatable bonds is 4. The molecule has 0 saturated heterocycles. The van der Waals surface area contributed by atoms with Gasteiger partial charge in [-0.05, 0) is 86.0 Å². The van der Waals surface area contributed by atoms with Gasteiger partial charge in [0.15, 0.2) is 17.5 Å². The lowest BCUT2D eigenvalue weighted by molar-refractivity contribution is 0.796. The van der Waals surface area contributed by atoms with Gasteiger partial charge in [-0.25, -0.2) is 15.0 Å². The fraction of sp³-hybridized carbons (Fsp3) is 0.0192. The van der Waals surface area contributed by atoms with Crippen molar-refractivity contribution < 1.29 is 0 Å². The van der Waals surface area contributed by atoms with Crippen molar-refractivity contribution in [1.82, 2.24) is 15.0 Å². The molecule has 2 aromatic heterocycles. The first-order valence-corrected chi connectivity index (χ1v) is 19.8. The third-order valence-electron chi connectivity index (χ3n) is 11.7. The van der Waals surface area contributed by atoms with E-state index in [2.05, 4.69) is 170 Å². The molecule has 0 radical (unpaired) electrons. The molecule has 0 aliphatic heterocycles. The molecule has 1 spiro atoms. The highest BCUT2D eigenvalue weighted by Crippen LogP contribution is 2.64. The summed E-state index contributed by atoms with van der Waals surface area (Å²) in [4.78, 5) is 15.5. The van der Waals surface area contributed by atoms with Crippen molar-refractivity contribution in [3.63, 3.8) is 0 Å². The highest BCUT2D eigenvalue weighted by Gasteiger charge is 2.52. The van der Waals surface area contributed by atoms with Crippen LogP contribution in [0.1, 0.15) is 22.3 Å². The quantitative estimate of drug-likeness (QED) is 0.181. The Kier molecular flexibility index (Phi) is 6.72. The van der Waals surface area contributed by atoms with E-state index in [1.165, 1.54) is 70.2 Å². The van der Waals surface area contributed by atoms with Gasteiger partial charge < -0.3 is 0 Å². The maximum atomic E-state index is 5.22. The maximum absolute atomic E-state index is 5.22. The van der Waals surface area contributed by atoms with E-state index in [0.717, 1.165) is 22.3 Å². The van der Waals surface area contributed by atoms with Gasteiger partial charge >= 0.3 is 0 Å². The highest BCUT2D eigenvalue weighted by molar-refractivity contribution is 7.25. The van der Waals surface area contributed by atoms with Gasteiger partial charge in [-0.15, -0.1) is 11.3 Å². The van der Waals surface area contributed by atoms with E-state index in [1.807, 2.05) is 29.5 Å². The molecule has 260 valence electrons. The summed E-state index contributed by atoms with van der Waals surface area (Å²) < 4.78 is 2.53. The molecule has 0 amide bonds. The summed E-state index contributed by atoms with van der Waals surface area (Å²) in [6.07, 6.45) is 0. The van der Waals surface area contributed by atoms with Gasteiger partial charge in [0.2, 0.25) is 0 Å². The second kappa shape index (κ2) is 12.0. The molecule has 4 heteroatoms. The van der Waals surface area contributed by atoms with E-state index in [-0.39, 0.29) is 0 Å². The zero-order chi connectivity index (χ0) is 36.8. The topological polar surface area (TPSA) is 38.7 Å². The van der Waals surface area contributed by atoms with Crippen molar-refractivity contribution >= 4 is 31.5 Å². The Bertz CT molecular complexity index is 3150. The molecule has 0 saturated carbocycles. The van der Waals surface area contributed by atoms with Crippen LogP contribution in [0, 0.1) is 0 Å². The summed E-state index contributed by atoms with van der Waals surface area (Å²) in [5, 5.41) is 2.47. The van der Waals surface area contributed by atoms with E-state index >= 15 is 0 Å². The molecule has 0 atom stereocenters. The van der Waals surface area contributed by atoms with Crippen molar-refractivity contribution in [3.05, 3.63) is 210 Å². The standard InChI is InChI=1S/C52H31N3S/c1-2-14-32(15-3-1)49-53-50(55-51(54-49)35-28-29-47-42(31-35)40-21-7-11-27-46(40)56-47)34-17-12-16-33(30-34)36-22-13-23-41-39-20-6-10-26-45(39)52(48(36)41)43-24-8-4-18-37(43)38-19-5-9-25-44(38)52/h1-31H. The zero-order valence-corrected chi connectivity index (χ0v) is 31.0. The minimum atomic E-state index is -0.447. The predicted octanol–water partition coefficient (Wildman–Crippen LogP) is 13.3. The number of fused-ring (bicyclic) bond motifs is 13. The van der Waals surface area contributed by atoms with Gasteiger partial charge in [0.05, 0.1) is 5.41 Å². The number of hydrogen-bond acceptors (Lipinski definition) is 4. The molecule has 0 unspecified atom stereocenters. The van der Waals surface area contributed by atoms with E-state index < -0.39 is 5.41 Å². The molecule has 3 nitrogen and oxygen atoms in total. The minimum Gasteiger partial charge on any atom is -0.208 e. The number of benzene rings is 8. The summed E-state index contributed by atoms with van der Waals surface area (Å²) in [5.41, 5.74) is 15.3. The van der Waals surface area contributed by atoms with Crippen LogP contribution in [0.25, 0.3) is 87.7 Å². The Hall–Kier alpha value is -7.01. The van der Waals surface area contributed by atoms with Crippen LogP contribution < -0.4 is 0 Å². The Labute approximate surface area is 328 Å². The molecule has 12 rings (SSSR count). The third-order valence-corrected chi connectivity index (χ3v) is 12.9. The summed E-state index contributed by atoms with van der Waals surface area (Å²) in [6, 6.07) is 67.9. The van der Waals surface area contributed by atoms with E-state index in [1.54, 1.807) is 0 Å². The molecular formula is C52H31N3S. The van der Waals surface area contributed by atoms with Crippen LogP contribution in [0.5, 0.6) is 0 Å². The fourth-order valence-corrected chi connectivity index (χ4v) is 10.5. The molecule has 0 N–H and O–H groups in total. The Morgan fingerprint density at radius 3 is 1.52 bits per heavy atom. The lowest BCUT2D eigenvalue weighted by atomic mass is 9.68. The Morgan fingerprint density at radius 1 is 0.321 bits per heavy atom. The monoisotopic (exact) mass is 729 g/mol. The molecular weight excluding hydrogens is 699 g/mol. The predicted molar refractivity (Wildman–Crippen MR) is 231 cm³/mol.